The Morgan fingerprint density at radius 3 is 2.70 bits per heavy atom. The fourth-order valence-electron chi connectivity index (χ4n) is 2.26. The third-order valence-corrected chi connectivity index (χ3v) is 3.32. The Hall–Kier alpha value is -2.69. The number of nitrogens with zero attached hydrogens (tertiary/aromatic N) is 3. The Balaban J connectivity index is 1.96. The number of aromatic nitrogens is 3. The minimum absolute atomic E-state index is 0.410. The first kappa shape index (κ1) is 12.3. The number of rotatable bonds is 3. The molecule has 3 aromatic rings. The molecule has 100 valence electrons. The van der Waals surface area contributed by atoms with Crippen LogP contribution < -0.4 is 5.73 Å². The summed E-state index contributed by atoms with van der Waals surface area (Å²) in [5, 5.41) is 0. The van der Waals surface area contributed by atoms with E-state index < -0.39 is 5.91 Å². The van der Waals surface area contributed by atoms with Crippen LogP contribution in [-0.4, -0.2) is 20.4 Å². The molecular weight excluding hydrogens is 252 g/mol. The lowest BCUT2D eigenvalue weighted by Gasteiger charge is -2.07. The number of amides is 1. The number of primary amides is 1. The van der Waals surface area contributed by atoms with E-state index in [1.807, 2.05) is 25.1 Å². The highest BCUT2D eigenvalue weighted by Crippen LogP contribution is 2.16. The lowest BCUT2D eigenvalue weighted by Crippen LogP contribution is -2.11. The maximum absolute atomic E-state index is 11.1. The van der Waals surface area contributed by atoms with Gasteiger partial charge in [0.2, 0.25) is 5.91 Å². The zero-order valence-corrected chi connectivity index (χ0v) is 11.1. The van der Waals surface area contributed by atoms with Gasteiger partial charge in [-0.25, -0.2) is 4.98 Å². The van der Waals surface area contributed by atoms with E-state index in [4.69, 9.17) is 5.73 Å². The van der Waals surface area contributed by atoms with Gasteiger partial charge in [0.1, 0.15) is 11.3 Å². The molecule has 3 rings (SSSR count). The van der Waals surface area contributed by atoms with Gasteiger partial charge in [-0.2, -0.15) is 0 Å². The molecule has 20 heavy (non-hydrogen) atoms. The first-order valence-corrected chi connectivity index (χ1v) is 6.31. The molecule has 0 spiro atoms. The number of fused-ring (bicyclic) bond motifs is 1. The summed E-state index contributed by atoms with van der Waals surface area (Å²) in [6, 6.07) is 9.26. The number of pyridine rings is 1. The molecule has 5 nitrogen and oxygen atoms in total. The molecule has 5 heteroatoms. The number of benzene rings is 1. The number of carbonyl (C=O) groups excluding carboxylic acids is 1. The molecule has 0 saturated carbocycles. The van der Waals surface area contributed by atoms with E-state index in [1.54, 1.807) is 24.5 Å². The average Bonchev–Trinajstić information content (AvgIpc) is 2.76. The van der Waals surface area contributed by atoms with Crippen molar-refractivity contribution in [1.82, 2.24) is 14.5 Å². The second-order valence-corrected chi connectivity index (χ2v) is 4.67. The van der Waals surface area contributed by atoms with Crippen molar-refractivity contribution in [2.75, 3.05) is 0 Å². The predicted octanol–water partition coefficient (Wildman–Crippen LogP) is 1.89. The molecule has 0 atom stereocenters. The fourth-order valence-corrected chi connectivity index (χ4v) is 2.26. The molecule has 1 amide bonds. The Morgan fingerprint density at radius 2 is 2.00 bits per heavy atom. The topological polar surface area (TPSA) is 73.8 Å². The van der Waals surface area contributed by atoms with Crippen LogP contribution in [-0.2, 0) is 6.54 Å². The first-order chi connectivity index (χ1) is 9.65. The van der Waals surface area contributed by atoms with Crippen molar-refractivity contribution in [2.45, 2.75) is 13.5 Å². The molecule has 0 aliphatic carbocycles. The smallest absolute Gasteiger partial charge is 0.248 e. The molecule has 0 aliphatic rings. The van der Waals surface area contributed by atoms with Crippen LogP contribution in [0.4, 0.5) is 0 Å². The number of hydrogen-bond donors (Lipinski definition) is 1. The van der Waals surface area contributed by atoms with Crippen LogP contribution in [0.5, 0.6) is 0 Å². The van der Waals surface area contributed by atoms with Gasteiger partial charge >= 0.3 is 0 Å². The maximum atomic E-state index is 11.1. The van der Waals surface area contributed by atoms with Gasteiger partial charge < -0.3 is 10.3 Å². The van der Waals surface area contributed by atoms with Gasteiger partial charge in [0.05, 0.1) is 11.7 Å². The van der Waals surface area contributed by atoms with E-state index in [0.717, 1.165) is 22.4 Å². The Morgan fingerprint density at radius 1 is 1.25 bits per heavy atom. The van der Waals surface area contributed by atoms with Crippen molar-refractivity contribution in [3.63, 3.8) is 0 Å². The number of aryl methyl sites for hydroxylation is 1. The summed E-state index contributed by atoms with van der Waals surface area (Å²) < 4.78 is 2.12. The van der Waals surface area contributed by atoms with E-state index in [0.29, 0.717) is 12.1 Å². The summed E-state index contributed by atoms with van der Waals surface area (Å²) in [6.45, 7) is 2.67. The summed E-state index contributed by atoms with van der Waals surface area (Å²) in [5.41, 5.74) is 8.79. The molecular formula is C15H14N4O. The van der Waals surface area contributed by atoms with Crippen LogP contribution in [0.25, 0.3) is 11.0 Å². The van der Waals surface area contributed by atoms with Gasteiger partial charge in [-0.1, -0.05) is 12.1 Å². The molecule has 0 aliphatic heterocycles. The second kappa shape index (κ2) is 4.77. The van der Waals surface area contributed by atoms with Crippen molar-refractivity contribution < 1.29 is 4.79 Å². The predicted molar refractivity (Wildman–Crippen MR) is 76.3 cm³/mol. The highest BCUT2D eigenvalue weighted by molar-refractivity contribution is 5.92. The zero-order valence-electron chi connectivity index (χ0n) is 11.1. The average molecular weight is 266 g/mol. The van der Waals surface area contributed by atoms with E-state index in [9.17, 15) is 4.79 Å². The summed E-state index contributed by atoms with van der Waals surface area (Å²) in [7, 11) is 0. The zero-order chi connectivity index (χ0) is 14.1. The van der Waals surface area contributed by atoms with Crippen molar-refractivity contribution in [1.29, 1.82) is 0 Å². The quantitative estimate of drug-likeness (QED) is 0.786. The van der Waals surface area contributed by atoms with Crippen LogP contribution in [0.2, 0.25) is 0 Å². The second-order valence-electron chi connectivity index (χ2n) is 4.67. The van der Waals surface area contributed by atoms with Crippen LogP contribution in [0, 0.1) is 6.92 Å². The summed E-state index contributed by atoms with van der Waals surface area (Å²) in [4.78, 5) is 19.6. The molecule has 0 bridgehead atoms. The fraction of sp³-hybridized carbons (Fsp3) is 0.133. The molecule has 0 radical (unpaired) electrons. The summed E-state index contributed by atoms with van der Waals surface area (Å²) >= 11 is 0. The lowest BCUT2D eigenvalue weighted by atomic mass is 10.1. The van der Waals surface area contributed by atoms with E-state index >= 15 is 0 Å². The molecule has 0 saturated heterocycles. The molecule has 1 aromatic carbocycles. The normalized spacial score (nSPS) is 10.8. The van der Waals surface area contributed by atoms with Crippen molar-refractivity contribution in [3.05, 3.63) is 59.7 Å². The maximum Gasteiger partial charge on any atom is 0.248 e. The Labute approximate surface area is 116 Å². The van der Waals surface area contributed by atoms with Crippen LogP contribution in [0.15, 0.2) is 42.7 Å². The molecule has 2 aromatic heterocycles. The van der Waals surface area contributed by atoms with Gasteiger partial charge in [0.15, 0.2) is 0 Å². The van der Waals surface area contributed by atoms with E-state index in [-0.39, 0.29) is 0 Å². The first-order valence-electron chi connectivity index (χ1n) is 6.31. The lowest BCUT2D eigenvalue weighted by molar-refractivity contribution is 0.100. The molecule has 0 fully saturated rings. The van der Waals surface area contributed by atoms with Gasteiger partial charge in [-0.3, -0.25) is 9.78 Å². The Bertz CT molecular complexity index is 774. The van der Waals surface area contributed by atoms with Crippen molar-refractivity contribution in [2.24, 2.45) is 5.73 Å². The third kappa shape index (κ3) is 2.14. The minimum Gasteiger partial charge on any atom is -0.366 e. The van der Waals surface area contributed by atoms with Crippen molar-refractivity contribution in [3.8, 4) is 0 Å². The number of imidazole rings is 1. The van der Waals surface area contributed by atoms with Crippen LogP contribution in [0.3, 0.4) is 0 Å². The molecule has 2 heterocycles. The van der Waals surface area contributed by atoms with Crippen LogP contribution >= 0.6 is 0 Å². The van der Waals surface area contributed by atoms with Gasteiger partial charge in [0, 0.05) is 18.3 Å². The largest absolute Gasteiger partial charge is 0.366 e. The van der Waals surface area contributed by atoms with Gasteiger partial charge in [0.25, 0.3) is 0 Å². The minimum atomic E-state index is -0.410. The van der Waals surface area contributed by atoms with Crippen LogP contribution in [0.1, 0.15) is 21.7 Å². The van der Waals surface area contributed by atoms with Crippen molar-refractivity contribution >= 4 is 16.9 Å². The molecule has 0 unspecified atom stereocenters. The highest BCUT2D eigenvalue weighted by atomic mass is 16.1. The summed E-state index contributed by atoms with van der Waals surface area (Å²) in [5.74, 6) is 0.527. The number of hydrogen-bond acceptors (Lipinski definition) is 3. The third-order valence-electron chi connectivity index (χ3n) is 3.32. The standard InChI is InChI=1S/C15H14N4O/c1-10-18-13-8-17-7-6-14(13)19(10)9-11-2-4-12(5-3-11)15(16)20/h2-8H,9H2,1H3,(H2,16,20). The van der Waals surface area contributed by atoms with E-state index in [1.165, 1.54) is 0 Å². The monoisotopic (exact) mass is 266 g/mol. The SMILES string of the molecule is Cc1nc2cnccc2n1Cc1ccc(C(N)=O)cc1. The molecule has 2 N–H and O–H groups in total. The van der Waals surface area contributed by atoms with Gasteiger partial charge in [-0.15, -0.1) is 0 Å². The summed E-state index contributed by atoms with van der Waals surface area (Å²) in [6.07, 6.45) is 3.52. The van der Waals surface area contributed by atoms with E-state index in [2.05, 4.69) is 14.5 Å². The van der Waals surface area contributed by atoms with Gasteiger partial charge in [-0.05, 0) is 30.7 Å². The number of nitrogens with two attached hydrogens (primary N) is 1. The Kier molecular flexibility index (Phi) is 2.95. The number of carbonyl (C=O) groups is 1. The highest BCUT2D eigenvalue weighted by Gasteiger charge is 2.08.